The van der Waals surface area contributed by atoms with E-state index >= 15 is 0 Å². The van der Waals surface area contributed by atoms with Gasteiger partial charge < -0.3 is 15.4 Å². The van der Waals surface area contributed by atoms with Crippen molar-refractivity contribution in [3.05, 3.63) is 29.8 Å². The smallest absolute Gasteiger partial charge is 0.254 e. The number of ether oxygens (including phenoxy) is 1. The summed E-state index contributed by atoms with van der Waals surface area (Å²) in [4.78, 5) is 14.5. The molecule has 1 saturated heterocycles. The van der Waals surface area contributed by atoms with Crippen molar-refractivity contribution in [1.29, 1.82) is 0 Å². The number of benzene rings is 1. The van der Waals surface area contributed by atoms with Crippen LogP contribution in [0.1, 0.15) is 49.9 Å². The number of hydrogen-bond donors (Lipinski definition) is 1. The Morgan fingerprint density at radius 1 is 1.32 bits per heavy atom. The molecular weight excluding hydrogens is 276 g/mol. The molecule has 4 heteroatoms. The fraction of sp³-hybridized carbons (Fsp3) is 0.611. The Morgan fingerprint density at radius 2 is 2.05 bits per heavy atom. The molecule has 122 valence electrons. The van der Waals surface area contributed by atoms with E-state index < -0.39 is 0 Å². The molecule has 1 heterocycles. The van der Waals surface area contributed by atoms with E-state index in [1.807, 2.05) is 29.2 Å². The summed E-state index contributed by atoms with van der Waals surface area (Å²) in [6.45, 7) is 6.43. The summed E-state index contributed by atoms with van der Waals surface area (Å²) in [5.74, 6) is 1.54. The monoisotopic (exact) mass is 304 g/mol. The number of piperidine rings is 1. The van der Waals surface area contributed by atoms with Crippen molar-refractivity contribution in [2.45, 2.75) is 45.6 Å². The predicted molar refractivity (Wildman–Crippen MR) is 89.1 cm³/mol. The standard InChI is InChI=1S/C18H28N2O2/c1-14(2)10-12-22-17-8-6-15(7-9-17)18(21)20-11-4-3-5-16(20)13-19/h6-9,14,16H,3-5,10-13,19H2,1-2H3. The lowest BCUT2D eigenvalue weighted by atomic mass is 10.0. The van der Waals surface area contributed by atoms with Crippen LogP contribution >= 0.6 is 0 Å². The maximum absolute atomic E-state index is 12.6. The Balaban J connectivity index is 1.95. The van der Waals surface area contributed by atoms with Gasteiger partial charge in [0, 0.05) is 24.7 Å². The Morgan fingerprint density at radius 3 is 2.68 bits per heavy atom. The minimum atomic E-state index is 0.0869. The number of carbonyl (C=O) groups is 1. The van der Waals surface area contributed by atoms with Crippen LogP contribution in [-0.4, -0.2) is 36.5 Å². The van der Waals surface area contributed by atoms with E-state index in [1.165, 1.54) is 0 Å². The highest BCUT2D eigenvalue weighted by atomic mass is 16.5. The van der Waals surface area contributed by atoms with Crippen molar-refractivity contribution < 1.29 is 9.53 Å². The second-order valence-electron chi connectivity index (χ2n) is 6.44. The van der Waals surface area contributed by atoms with Crippen LogP contribution in [-0.2, 0) is 0 Å². The van der Waals surface area contributed by atoms with Gasteiger partial charge in [0.15, 0.2) is 0 Å². The summed E-state index contributed by atoms with van der Waals surface area (Å²) in [6, 6.07) is 7.66. The summed E-state index contributed by atoms with van der Waals surface area (Å²) in [7, 11) is 0. The first kappa shape index (κ1) is 16.8. The lowest BCUT2D eigenvalue weighted by molar-refractivity contribution is 0.0623. The summed E-state index contributed by atoms with van der Waals surface area (Å²) < 4.78 is 5.69. The number of nitrogens with two attached hydrogens (primary N) is 1. The molecule has 2 N–H and O–H groups in total. The number of nitrogens with zero attached hydrogens (tertiary/aromatic N) is 1. The quantitative estimate of drug-likeness (QED) is 0.878. The zero-order valence-corrected chi connectivity index (χ0v) is 13.8. The molecule has 4 nitrogen and oxygen atoms in total. The molecule has 2 rings (SSSR count). The van der Waals surface area contributed by atoms with Gasteiger partial charge >= 0.3 is 0 Å². The number of hydrogen-bond acceptors (Lipinski definition) is 3. The van der Waals surface area contributed by atoms with E-state index in [0.29, 0.717) is 19.1 Å². The third-order valence-electron chi connectivity index (χ3n) is 4.23. The molecule has 0 bridgehead atoms. The molecular formula is C18H28N2O2. The topological polar surface area (TPSA) is 55.6 Å². The minimum absolute atomic E-state index is 0.0869. The molecule has 0 radical (unpaired) electrons. The van der Waals surface area contributed by atoms with Gasteiger partial charge in [-0.2, -0.15) is 0 Å². The summed E-state index contributed by atoms with van der Waals surface area (Å²) in [6.07, 6.45) is 4.28. The van der Waals surface area contributed by atoms with Crippen LogP contribution in [0.25, 0.3) is 0 Å². The average molecular weight is 304 g/mol. The lowest BCUT2D eigenvalue weighted by Gasteiger charge is -2.35. The van der Waals surface area contributed by atoms with Gasteiger partial charge in [-0.3, -0.25) is 4.79 Å². The van der Waals surface area contributed by atoms with Crippen LogP contribution in [0.4, 0.5) is 0 Å². The van der Waals surface area contributed by atoms with E-state index in [0.717, 1.165) is 43.5 Å². The summed E-state index contributed by atoms with van der Waals surface area (Å²) in [5, 5.41) is 0. The minimum Gasteiger partial charge on any atom is -0.494 e. The van der Waals surface area contributed by atoms with Gasteiger partial charge in [0.25, 0.3) is 5.91 Å². The van der Waals surface area contributed by atoms with Crippen LogP contribution in [0.5, 0.6) is 5.75 Å². The zero-order valence-electron chi connectivity index (χ0n) is 13.8. The highest BCUT2D eigenvalue weighted by molar-refractivity contribution is 5.94. The predicted octanol–water partition coefficient (Wildman–Crippen LogP) is 3.06. The Bertz CT molecular complexity index is 470. The third kappa shape index (κ3) is 4.47. The van der Waals surface area contributed by atoms with Gasteiger partial charge in [-0.15, -0.1) is 0 Å². The Labute approximate surface area is 133 Å². The van der Waals surface area contributed by atoms with Crippen molar-refractivity contribution in [2.24, 2.45) is 11.7 Å². The first-order valence-electron chi connectivity index (χ1n) is 8.35. The number of carbonyl (C=O) groups excluding carboxylic acids is 1. The van der Waals surface area contributed by atoms with E-state index in [4.69, 9.17) is 10.5 Å². The largest absolute Gasteiger partial charge is 0.494 e. The second kappa shape index (κ2) is 8.18. The van der Waals surface area contributed by atoms with Gasteiger partial charge in [-0.25, -0.2) is 0 Å². The molecule has 1 aliphatic rings. The molecule has 22 heavy (non-hydrogen) atoms. The number of amides is 1. The molecule has 1 amide bonds. The summed E-state index contributed by atoms with van der Waals surface area (Å²) >= 11 is 0. The van der Waals surface area contributed by atoms with Crippen molar-refractivity contribution in [3.63, 3.8) is 0 Å². The zero-order chi connectivity index (χ0) is 15.9. The van der Waals surface area contributed by atoms with Crippen LogP contribution in [0.3, 0.4) is 0 Å². The summed E-state index contributed by atoms with van der Waals surface area (Å²) in [5.41, 5.74) is 6.52. The van der Waals surface area contributed by atoms with Crippen molar-refractivity contribution in [2.75, 3.05) is 19.7 Å². The van der Waals surface area contributed by atoms with Crippen LogP contribution < -0.4 is 10.5 Å². The molecule has 1 unspecified atom stereocenters. The highest BCUT2D eigenvalue weighted by Gasteiger charge is 2.26. The average Bonchev–Trinajstić information content (AvgIpc) is 2.54. The normalized spacial score (nSPS) is 18.5. The van der Waals surface area contributed by atoms with E-state index in [1.54, 1.807) is 0 Å². The second-order valence-corrected chi connectivity index (χ2v) is 6.44. The van der Waals surface area contributed by atoms with Gasteiger partial charge in [0.1, 0.15) is 5.75 Å². The molecule has 0 aromatic heterocycles. The SMILES string of the molecule is CC(C)CCOc1ccc(C(=O)N2CCCCC2CN)cc1. The van der Waals surface area contributed by atoms with Crippen molar-refractivity contribution in [3.8, 4) is 5.75 Å². The molecule has 0 saturated carbocycles. The third-order valence-corrected chi connectivity index (χ3v) is 4.23. The van der Waals surface area contributed by atoms with Crippen LogP contribution in [0.2, 0.25) is 0 Å². The lowest BCUT2D eigenvalue weighted by Crippen LogP contribution is -2.47. The van der Waals surface area contributed by atoms with Gasteiger partial charge in [0.2, 0.25) is 0 Å². The van der Waals surface area contributed by atoms with E-state index in [9.17, 15) is 4.79 Å². The number of likely N-dealkylation sites (tertiary alicyclic amines) is 1. The fourth-order valence-electron chi connectivity index (χ4n) is 2.79. The molecule has 0 spiro atoms. The van der Waals surface area contributed by atoms with E-state index in [-0.39, 0.29) is 11.9 Å². The molecule has 1 aromatic rings. The fourth-order valence-corrected chi connectivity index (χ4v) is 2.79. The molecule has 1 aliphatic heterocycles. The van der Waals surface area contributed by atoms with E-state index in [2.05, 4.69) is 13.8 Å². The van der Waals surface area contributed by atoms with Crippen molar-refractivity contribution in [1.82, 2.24) is 4.90 Å². The molecule has 1 aromatic carbocycles. The molecule has 0 aliphatic carbocycles. The maximum atomic E-state index is 12.6. The Kier molecular flexibility index (Phi) is 6.25. The molecule has 1 fully saturated rings. The molecule has 1 atom stereocenters. The van der Waals surface area contributed by atoms with Crippen LogP contribution in [0.15, 0.2) is 24.3 Å². The number of rotatable bonds is 6. The highest BCUT2D eigenvalue weighted by Crippen LogP contribution is 2.20. The first-order chi connectivity index (χ1) is 10.6. The first-order valence-corrected chi connectivity index (χ1v) is 8.35. The maximum Gasteiger partial charge on any atom is 0.254 e. The van der Waals surface area contributed by atoms with Gasteiger partial charge in [0.05, 0.1) is 6.61 Å². The Hall–Kier alpha value is -1.55. The van der Waals surface area contributed by atoms with Crippen LogP contribution in [0, 0.1) is 5.92 Å². The van der Waals surface area contributed by atoms with Crippen molar-refractivity contribution >= 4 is 5.91 Å². The van der Waals surface area contributed by atoms with Gasteiger partial charge in [-0.05, 0) is 55.9 Å². The van der Waals surface area contributed by atoms with Gasteiger partial charge in [-0.1, -0.05) is 13.8 Å².